The van der Waals surface area contributed by atoms with Crippen molar-refractivity contribution in [2.75, 3.05) is 24.3 Å². The van der Waals surface area contributed by atoms with Crippen molar-refractivity contribution in [3.05, 3.63) is 48.5 Å². The third-order valence-corrected chi connectivity index (χ3v) is 4.88. The maximum absolute atomic E-state index is 11.6. The Labute approximate surface area is 178 Å². The van der Waals surface area contributed by atoms with Gasteiger partial charge in [-0.1, -0.05) is 11.8 Å². The molecule has 30 heavy (non-hydrogen) atoms. The minimum atomic E-state index is -0.303. The van der Waals surface area contributed by atoms with Crippen molar-refractivity contribution in [1.82, 2.24) is 20.2 Å². The molecule has 0 radical (unpaired) electrons. The summed E-state index contributed by atoms with van der Waals surface area (Å²) in [5, 5.41) is 12.3. The molecule has 1 heterocycles. The third kappa shape index (κ3) is 5.43. The van der Waals surface area contributed by atoms with Crippen LogP contribution in [0, 0.1) is 0 Å². The fraction of sp³-hybridized carbons (Fsp3) is 0.250. The Kier molecular flexibility index (Phi) is 7.52. The number of benzene rings is 2. The van der Waals surface area contributed by atoms with Gasteiger partial charge in [-0.3, -0.25) is 14.8 Å². The largest absolute Gasteiger partial charge is 0.494 e. The zero-order valence-electron chi connectivity index (χ0n) is 16.8. The Morgan fingerprint density at radius 2 is 1.60 bits per heavy atom. The van der Waals surface area contributed by atoms with Crippen LogP contribution in [0.4, 0.5) is 11.6 Å². The highest BCUT2D eigenvalue weighted by atomic mass is 32.2. The molecule has 3 rings (SSSR count). The van der Waals surface area contributed by atoms with Crippen molar-refractivity contribution < 1.29 is 14.3 Å². The summed E-state index contributed by atoms with van der Waals surface area (Å²) in [7, 11) is 0. The van der Waals surface area contributed by atoms with E-state index in [1.165, 1.54) is 11.8 Å². The summed E-state index contributed by atoms with van der Waals surface area (Å²) >= 11 is 1.24. The number of nitrogens with zero attached hydrogens (tertiary/aromatic N) is 3. The number of rotatable bonds is 10. The predicted molar refractivity (Wildman–Crippen MR) is 116 cm³/mol. The quantitative estimate of drug-likeness (QED) is 0.195. The summed E-state index contributed by atoms with van der Waals surface area (Å²) in [6.07, 6.45) is 0. The van der Waals surface area contributed by atoms with E-state index in [1.54, 1.807) is 0 Å². The second kappa shape index (κ2) is 10.5. The molecule has 1 amide bonds. The molecule has 3 aromatic rings. The Balaban J connectivity index is 1.89. The molecule has 9 nitrogen and oxygen atoms in total. The van der Waals surface area contributed by atoms with E-state index >= 15 is 0 Å². The minimum Gasteiger partial charge on any atom is -0.494 e. The van der Waals surface area contributed by atoms with Gasteiger partial charge in [0.15, 0.2) is 5.16 Å². The fourth-order valence-electron chi connectivity index (χ4n) is 2.64. The number of ether oxygens (including phenoxy) is 2. The van der Waals surface area contributed by atoms with E-state index in [1.807, 2.05) is 66.9 Å². The SMILES string of the molecule is CCOc1ccc(Nc2nnc(SCC(=O)NN)n2-c2ccc(OCC)cc2)cc1. The Morgan fingerprint density at radius 3 is 2.17 bits per heavy atom. The van der Waals surface area contributed by atoms with E-state index in [-0.39, 0.29) is 11.7 Å². The second-order valence-corrected chi connectivity index (χ2v) is 6.95. The Hall–Kier alpha value is -3.24. The van der Waals surface area contributed by atoms with Crippen LogP contribution in [0.15, 0.2) is 53.7 Å². The summed E-state index contributed by atoms with van der Waals surface area (Å²) in [4.78, 5) is 11.6. The number of amides is 1. The maximum Gasteiger partial charge on any atom is 0.244 e. The van der Waals surface area contributed by atoms with Crippen molar-refractivity contribution in [1.29, 1.82) is 0 Å². The lowest BCUT2D eigenvalue weighted by molar-refractivity contribution is -0.118. The van der Waals surface area contributed by atoms with Gasteiger partial charge in [-0.2, -0.15) is 0 Å². The number of hydrogen-bond donors (Lipinski definition) is 3. The van der Waals surface area contributed by atoms with E-state index in [0.29, 0.717) is 24.3 Å². The molecule has 158 valence electrons. The highest BCUT2D eigenvalue weighted by Crippen LogP contribution is 2.28. The third-order valence-electron chi connectivity index (χ3n) is 3.95. The minimum absolute atomic E-state index is 0.120. The molecule has 10 heteroatoms. The molecule has 0 bridgehead atoms. The van der Waals surface area contributed by atoms with Crippen molar-refractivity contribution in [3.63, 3.8) is 0 Å². The molecule has 0 aliphatic heterocycles. The van der Waals surface area contributed by atoms with E-state index in [9.17, 15) is 4.79 Å². The molecule has 0 aliphatic rings. The van der Waals surface area contributed by atoms with Gasteiger partial charge in [-0.15, -0.1) is 10.2 Å². The van der Waals surface area contributed by atoms with Crippen LogP contribution in [0.1, 0.15) is 13.8 Å². The maximum atomic E-state index is 11.6. The number of carbonyl (C=O) groups is 1. The average molecular weight is 429 g/mol. The molecule has 2 aromatic carbocycles. The first-order valence-electron chi connectivity index (χ1n) is 9.45. The van der Waals surface area contributed by atoms with Crippen molar-refractivity contribution in [2.24, 2.45) is 5.84 Å². The Morgan fingerprint density at radius 1 is 1.00 bits per heavy atom. The van der Waals surface area contributed by atoms with Gasteiger partial charge in [0.05, 0.1) is 24.7 Å². The zero-order chi connectivity index (χ0) is 21.3. The predicted octanol–water partition coefficient (Wildman–Crippen LogP) is 2.89. The van der Waals surface area contributed by atoms with Crippen LogP contribution in [0.2, 0.25) is 0 Å². The van der Waals surface area contributed by atoms with Crippen LogP contribution in [-0.4, -0.2) is 39.6 Å². The lowest BCUT2D eigenvalue weighted by atomic mass is 10.3. The molecule has 1 aromatic heterocycles. The monoisotopic (exact) mass is 428 g/mol. The first-order valence-corrected chi connectivity index (χ1v) is 10.4. The van der Waals surface area contributed by atoms with Crippen molar-refractivity contribution in [2.45, 2.75) is 19.0 Å². The lowest BCUT2D eigenvalue weighted by Gasteiger charge is -2.12. The van der Waals surface area contributed by atoms with Crippen LogP contribution in [0.5, 0.6) is 11.5 Å². The van der Waals surface area contributed by atoms with Crippen LogP contribution in [0.25, 0.3) is 5.69 Å². The van der Waals surface area contributed by atoms with Gasteiger partial charge in [0.2, 0.25) is 11.9 Å². The topological polar surface area (TPSA) is 116 Å². The highest BCUT2D eigenvalue weighted by molar-refractivity contribution is 7.99. The van der Waals surface area contributed by atoms with Gasteiger partial charge in [0.25, 0.3) is 0 Å². The number of nitrogens with one attached hydrogen (secondary N) is 2. The van der Waals surface area contributed by atoms with Gasteiger partial charge in [0, 0.05) is 5.69 Å². The summed E-state index contributed by atoms with van der Waals surface area (Å²) in [5.41, 5.74) is 3.77. The number of aromatic nitrogens is 3. The first kappa shape index (κ1) is 21.5. The van der Waals surface area contributed by atoms with Crippen molar-refractivity contribution in [3.8, 4) is 17.2 Å². The van der Waals surface area contributed by atoms with Gasteiger partial charge in [0.1, 0.15) is 11.5 Å². The molecule has 0 saturated heterocycles. The first-order chi connectivity index (χ1) is 14.6. The number of carbonyl (C=O) groups excluding carboxylic acids is 1. The summed E-state index contributed by atoms with van der Waals surface area (Å²) in [6.45, 7) is 5.07. The zero-order valence-corrected chi connectivity index (χ0v) is 17.6. The molecule has 0 unspecified atom stereocenters. The molecule has 0 atom stereocenters. The van der Waals surface area contributed by atoms with E-state index < -0.39 is 0 Å². The molecule has 0 fully saturated rings. The fourth-order valence-corrected chi connectivity index (χ4v) is 3.40. The van der Waals surface area contributed by atoms with Crippen molar-refractivity contribution >= 4 is 29.3 Å². The molecule has 0 spiro atoms. The summed E-state index contributed by atoms with van der Waals surface area (Å²) in [6, 6.07) is 15.1. The lowest BCUT2D eigenvalue weighted by Crippen LogP contribution is -2.31. The molecular formula is C20H24N6O3S. The molecular weight excluding hydrogens is 404 g/mol. The second-order valence-electron chi connectivity index (χ2n) is 6.01. The standard InChI is InChI=1S/C20H24N6O3S/c1-3-28-16-9-5-14(6-10-16)22-19-24-25-20(30-13-18(27)23-21)26(19)15-7-11-17(12-8-15)29-4-2/h5-12H,3-4,13,21H2,1-2H3,(H,22,24)(H,23,27). The van der Waals surface area contributed by atoms with Gasteiger partial charge in [-0.25, -0.2) is 5.84 Å². The number of hydrazine groups is 1. The average Bonchev–Trinajstić information content (AvgIpc) is 3.16. The van der Waals surface area contributed by atoms with Crippen LogP contribution >= 0.6 is 11.8 Å². The number of thioether (sulfide) groups is 1. The van der Waals surface area contributed by atoms with Gasteiger partial charge < -0.3 is 14.8 Å². The van der Waals surface area contributed by atoms with Gasteiger partial charge >= 0.3 is 0 Å². The molecule has 0 saturated carbocycles. The molecule has 0 aliphatic carbocycles. The van der Waals surface area contributed by atoms with Crippen LogP contribution in [0.3, 0.4) is 0 Å². The number of anilines is 2. The van der Waals surface area contributed by atoms with Gasteiger partial charge in [-0.05, 0) is 62.4 Å². The van der Waals surface area contributed by atoms with Crippen LogP contribution in [-0.2, 0) is 4.79 Å². The van der Waals surface area contributed by atoms with E-state index in [0.717, 1.165) is 22.9 Å². The normalized spacial score (nSPS) is 10.5. The number of hydrogen-bond acceptors (Lipinski definition) is 8. The van der Waals surface area contributed by atoms with Crippen LogP contribution < -0.4 is 26.1 Å². The summed E-state index contributed by atoms with van der Waals surface area (Å²) < 4.78 is 12.8. The van der Waals surface area contributed by atoms with E-state index in [2.05, 4.69) is 20.9 Å². The summed E-state index contributed by atoms with van der Waals surface area (Å²) in [5.74, 6) is 7.07. The molecule has 4 N–H and O–H groups in total. The smallest absolute Gasteiger partial charge is 0.244 e. The highest BCUT2D eigenvalue weighted by Gasteiger charge is 2.16. The van der Waals surface area contributed by atoms with E-state index in [4.69, 9.17) is 15.3 Å². The Bertz CT molecular complexity index is 960. The number of nitrogens with two attached hydrogens (primary N) is 1.